The van der Waals surface area contributed by atoms with Crippen LogP contribution < -0.4 is 15.5 Å². The van der Waals surface area contributed by atoms with E-state index in [2.05, 4.69) is 34.2 Å². The van der Waals surface area contributed by atoms with E-state index in [1.807, 2.05) is 35.6 Å². The van der Waals surface area contributed by atoms with Gasteiger partial charge in [0.1, 0.15) is 0 Å². The predicted octanol–water partition coefficient (Wildman–Crippen LogP) is 1.09. The molecule has 7 unspecified atom stereocenters. The number of thioether (sulfide) groups is 1. The van der Waals surface area contributed by atoms with Gasteiger partial charge >= 0.3 is 6.03 Å². The number of hydrazine groups is 1. The van der Waals surface area contributed by atoms with Crippen molar-refractivity contribution >= 4 is 27.8 Å². The number of carbonyl (C=O) groups is 1. The first-order valence-corrected chi connectivity index (χ1v) is 14.6. The Bertz CT molecular complexity index is 852. The van der Waals surface area contributed by atoms with Gasteiger partial charge < -0.3 is 15.1 Å². The van der Waals surface area contributed by atoms with Gasteiger partial charge in [0, 0.05) is 37.0 Å². The Labute approximate surface area is 196 Å². The summed E-state index contributed by atoms with van der Waals surface area (Å²) >= 11 is 1.90. The van der Waals surface area contributed by atoms with Crippen LogP contribution in [-0.4, -0.2) is 95.1 Å². The van der Waals surface area contributed by atoms with Crippen LogP contribution in [0.2, 0.25) is 0 Å². The second-order valence-electron chi connectivity index (χ2n) is 10.7. The van der Waals surface area contributed by atoms with Gasteiger partial charge in [-0.1, -0.05) is 0 Å². The highest BCUT2D eigenvalue weighted by atomic mass is 32.2. The van der Waals surface area contributed by atoms with Gasteiger partial charge in [-0.25, -0.2) is 28.4 Å². The maximum atomic E-state index is 13.7. The second-order valence-corrected chi connectivity index (χ2v) is 14.3. The molecule has 3 heterocycles. The molecule has 3 saturated heterocycles. The fourth-order valence-electron chi connectivity index (χ4n) is 5.96. The summed E-state index contributed by atoms with van der Waals surface area (Å²) in [6.07, 6.45) is 4.49. The van der Waals surface area contributed by atoms with Crippen molar-refractivity contribution in [2.24, 2.45) is 0 Å². The van der Waals surface area contributed by atoms with E-state index in [0.29, 0.717) is 29.5 Å². The topological polar surface area (TPSA) is 97.0 Å². The molecule has 11 heteroatoms. The Hall–Kier alpha value is -0.590. The Balaban J connectivity index is 1.37. The molecule has 5 rings (SSSR count). The van der Waals surface area contributed by atoms with Crippen LogP contribution in [0.3, 0.4) is 0 Å². The number of amides is 2. The van der Waals surface area contributed by atoms with Gasteiger partial charge in [-0.05, 0) is 59.3 Å². The SMILES string of the molecule is CC1NC(C)C(CN2C(=O)N(C3CCN(C)N3)C3CC(S(=O)(=O)NC4(C)CC4)CCC32)S1. The minimum Gasteiger partial charge on any atom is -0.318 e. The van der Waals surface area contributed by atoms with Gasteiger partial charge in [-0.2, -0.15) is 0 Å². The van der Waals surface area contributed by atoms with Crippen molar-refractivity contribution in [1.29, 1.82) is 0 Å². The number of urea groups is 1. The van der Waals surface area contributed by atoms with Crippen molar-refractivity contribution in [2.75, 3.05) is 20.1 Å². The van der Waals surface area contributed by atoms with E-state index >= 15 is 0 Å². The molecule has 5 aliphatic rings. The van der Waals surface area contributed by atoms with Gasteiger partial charge in [-0.3, -0.25) is 0 Å². The average molecular weight is 487 g/mol. The number of sulfonamides is 1. The van der Waals surface area contributed by atoms with Crippen LogP contribution in [0.1, 0.15) is 59.3 Å². The molecular formula is C21H38N6O3S2. The normalized spacial score (nSPS) is 42.0. The average Bonchev–Trinajstić information content (AvgIpc) is 3.01. The van der Waals surface area contributed by atoms with E-state index in [1.54, 1.807) is 0 Å². The number of hydrogen-bond donors (Lipinski definition) is 3. The van der Waals surface area contributed by atoms with Crippen LogP contribution in [0.5, 0.6) is 0 Å². The highest BCUT2D eigenvalue weighted by molar-refractivity contribution is 8.00. The maximum absolute atomic E-state index is 13.7. The number of hydrogen-bond acceptors (Lipinski definition) is 7. The summed E-state index contributed by atoms with van der Waals surface area (Å²) < 4.78 is 29.3. The Morgan fingerprint density at radius 3 is 2.53 bits per heavy atom. The van der Waals surface area contributed by atoms with Crippen molar-refractivity contribution in [2.45, 2.75) is 105 Å². The number of fused-ring (bicyclic) bond motifs is 1. The van der Waals surface area contributed by atoms with Gasteiger partial charge in [-0.15, -0.1) is 11.8 Å². The van der Waals surface area contributed by atoms with Crippen molar-refractivity contribution in [3.05, 3.63) is 0 Å². The first kappa shape index (κ1) is 23.2. The third-order valence-corrected chi connectivity index (χ3v) is 11.6. The molecule has 5 fully saturated rings. The van der Waals surface area contributed by atoms with E-state index in [1.165, 1.54) is 0 Å². The lowest BCUT2D eigenvalue weighted by Crippen LogP contribution is -2.54. The summed E-state index contributed by atoms with van der Waals surface area (Å²) in [4.78, 5) is 17.8. The van der Waals surface area contributed by atoms with Crippen LogP contribution >= 0.6 is 11.8 Å². The van der Waals surface area contributed by atoms with E-state index in [9.17, 15) is 13.2 Å². The number of nitrogens with zero attached hydrogens (tertiary/aromatic N) is 3. The van der Waals surface area contributed by atoms with Gasteiger partial charge in [0.15, 0.2) is 0 Å². The maximum Gasteiger partial charge on any atom is 0.321 e. The molecule has 0 bridgehead atoms. The van der Waals surface area contributed by atoms with Gasteiger partial charge in [0.05, 0.1) is 28.9 Å². The molecule has 0 aromatic carbocycles. The summed E-state index contributed by atoms with van der Waals surface area (Å²) in [6.45, 7) is 7.94. The third-order valence-electron chi connectivity index (χ3n) is 8.04. The smallest absolute Gasteiger partial charge is 0.318 e. The molecule has 7 atom stereocenters. The van der Waals surface area contributed by atoms with Crippen molar-refractivity contribution < 1.29 is 13.2 Å². The largest absolute Gasteiger partial charge is 0.321 e. The quantitative estimate of drug-likeness (QED) is 0.517. The highest BCUT2D eigenvalue weighted by Gasteiger charge is 2.54. The number of carbonyl (C=O) groups excluding carboxylic acids is 1. The third kappa shape index (κ3) is 4.29. The predicted molar refractivity (Wildman–Crippen MR) is 126 cm³/mol. The summed E-state index contributed by atoms with van der Waals surface area (Å²) in [5.41, 5.74) is 3.16. The Morgan fingerprint density at radius 1 is 1.19 bits per heavy atom. The molecule has 32 heavy (non-hydrogen) atoms. The fraction of sp³-hybridized carbons (Fsp3) is 0.952. The zero-order chi connectivity index (χ0) is 22.8. The van der Waals surface area contributed by atoms with E-state index in [4.69, 9.17) is 0 Å². The lowest BCUT2D eigenvalue weighted by atomic mass is 9.89. The second kappa shape index (κ2) is 8.27. The van der Waals surface area contributed by atoms with Crippen LogP contribution in [0.15, 0.2) is 0 Å². The summed E-state index contributed by atoms with van der Waals surface area (Å²) in [6, 6.07) is 0.439. The summed E-state index contributed by atoms with van der Waals surface area (Å²) in [5.74, 6) is 0. The standard InChI is InChI=1S/C21H38N6O3S2/c1-13-18(31-14(2)22-13)12-26-16-6-5-15(32(29,30)24-21(3)8-9-21)11-17(16)27(20(26)28)19-7-10-25(4)23-19/h13-19,22-24H,5-12H2,1-4H3. The molecular weight excluding hydrogens is 448 g/mol. The van der Waals surface area contributed by atoms with E-state index in [0.717, 1.165) is 38.8 Å². The first-order valence-electron chi connectivity index (χ1n) is 12.1. The van der Waals surface area contributed by atoms with Crippen LogP contribution in [-0.2, 0) is 10.0 Å². The molecule has 2 amide bonds. The van der Waals surface area contributed by atoms with Crippen molar-refractivity contribution in [1.82, 2.24) is 30.3 Å². The van der Waals surface area contributed by atoms with E-state index in [-0.39, 0.29) is 29.8 Å². The fourth-order valence-corrected chi connectivity index (χ4v) is 9.29. The van der Waals surface area contributed by atoms with Crippen molar-refractivity contribution in [3.8, 4) is 0 Å². The molecule has 3 N–H and O–H groups in total. The lowest BCUT2D eigenvalue weighted by molar-refractivity contribution is 0.127. The molecule has 0 radical (unpaired) electrons. The monoisotopic (exact) mass is 486 g/mol. The zero-order valence-electron chi connectivity index (χ0n) is 19.6. The van der Waals surface area contributed by atoms with Crippen molar-refractivity contribution in [3.63, 3.8) is 0 Å². The summed E-state index contributed by atoms with van der Waals surface area (Å²) in [7, 11) is -1.41. The van der Waals surface area contributed by atoms with Gasteiger partial charge in [0.25, 0.3) is 0 Å². The molecule has 0 aromatic heterocycles. The van der Waals surface area contributed by atoms with Gasteiger partial charge in [0.2, 0.25) is 10.0 Å². The molecule has 9 nitrogen and oxygen atoms in total. The van der Waals surface area contributed by atoms with Crippen LogP contribution in [0.4, 0.5) is 4.79 Å². The Kier molecular flexibility index (Phi) is 5.98. The zero-order valence-corrected chi connectivity index (χ0v) is 21.2. The minimum absolute atomic E-state index is 0.0638. The molecule has 0 aromatic rings. The molecule has 2 saturated carbocycles. The molecule has 3 aliphatic heterocycles. The lowest BCUT2D eigenvalue weighted by Gasteiger charge is -2.38. The number of nitrogens with one attached hydrogen (secondary N) is 3. The van der Waals surface area contributed by atoms with E-state index < -0.39 is 15.3 Å². The first-order chi connectivity index (χ1) is 15.1. The highest BCUT2D eigenvalue weighted by Crippen LogP contribution is 2.41. The molecule has 0 spiro atoms. The Morgan fingerprint density at radius 2 is 1.94 bits per heavy atom. The van der Waals surface area contributed by atoms with Crippen LogP contribution in [0, 0.1) is 0 Å². The number of rotatable bonds is 6. The molecule has 182 valence electrons. The molecule has 2 aliphatic carbocycles. The minimum atomic E-state index is -3.40. The van der Waals surface area contributed by atoms with Crippen LogP contribution in [0.25, 0.3) is 0 Å². The summed E-state index contributed by atoms with van der Waals surface area (Å²) in [5, 5.41) is 5.90.